The molecule has 1 aromatic carbocycles. The average Bonchev–Trinajstić information content (AvgIpc) is 3.40. The molecule has 0 radical (unpaired) electrons. The molecule has 2 heterocycles. The summed E-state index contributed by atoms with van der Waals surface area (Å²) in [5.74, 6) is -2.04. The molecule has 0 aliphatic carbocycles. The minimum atomic E-state index is -1.62. The van der Waals surface area contributed by atoms with Crippen LogP contribution in [-0.2, 0) is 41.6 Å². The van der Waals surface area contributed by atoms with Crippen molar-refractivity contribution in [2.45, 2.75) is 91.6 Å². The maximum Gasteiger partial charge on any atom is 0.410 e. The normalized spacial score (nSPS) is 13.6. The van der Waals surface area contributed by atoms with Gasteiger partial charge in [0, 0.05) is 11.4 Å². The van der Waals surface area contributed by atoms with Gasteiger partial charge in [-0.05, 0) is 90.3 Å². The van der Waals surface area contributed by atoms with Gasteiger partial charge in [0.2, 0.25) is 5.78 Å². The highest BCUT2D eigenvalue weighted by Gasteiger charge is 2.32. The Bertz CT molecular complexity index is 1390. The lowest BCUT2D eigenvalue weighted by molar-refractivity contribution is -0.158. The van der Waals surface area contributed by atoms with Crippen molar-refractivity contribution in [3.05, 3.63) is 45.6 Å². The zero-order valence-corrected chi connectivity index (χ0v) is 28.4. The van der Waals surface area contributed by atoms with Crippen LogP contribution in [-0.4, -0.2) is 78.2 Å². The van der Waals surface area contributed by atoms with Crippen LogP contribution in [0.15, 0.2) is 30.3 Å². The van der Waals surface area contributed by atoms with Crippen LogP contribution in [0.3, 0.4) is 0 Å². The van der Waals surface area contributed by atoms with Gasteiger partial charge in [0.15, 0.2) is 6.61 Å². The molecule has 3 rings (SSSR count). The minimum Gasteiger partial charge on any atom is -0.482 e. The van der Waals surface area contributed by atoms with E-state index in [0.29, 0.717) is 36.6 Å². The molecular weight excluding hydrogens is 616 g/mol. The summed E-state index contributed by atoms with van der Waals surface area (Å²) in [6, 6.07) is 7.72. The van der Waals surface area contributed by atoms with E-state index in [0.717, 1.165) is 16.9 Å². The number of rotatable bonds is 13. The monoisotopic (exact) mass is 660 g/mol. The van der Waals surface area contributed by atoms with Gasteiger partial charge in [-0.2, -0.15) is 0 Å². The number of carbonyl (C=O) groups is 5. The molecule has 2 amide bonds. The number of amides is 2. The Labute approximate surface area is 273 Å². The van der Waals surface area contributed by atoms with E-state index < -0.39 is 53.6 Å². The summed E-state index contributed by atoms with van der Waals surface area (Å²) < 4.78 is 27.1. The largest absolute Gasteiger partial charge is 0.482 e. The highest BCUT2D eigenvalue weighted by Crippen LogP contribution is 2.29. The first kappa shape index (κ1) is 36.3. The lowest BCUT2D eigenvalue weighted by atomic mass is 10.1. The Morgan fingerprint density at radius 1 is 0.957 bits per heavy atom. The number of Topliss-reactive ketones (excluding diaryl/α,β-unsaturated/α-hetero) is 1. The highest BCUT2D eigenvalue weighted by molar-refractivity contribution is 7.14. The summed E-state index contributed by atoms with van der Waals surface area (Å²) in [6.45, 7) is 12.7. The highest BCUT2D eigenvalue weighted by atomic mass is 32.1. The van der Waals surface area contributed by atoms with Gasteiger partial charge in [-0.25, -0.2) is 14.4 Å². The smallest absolute Gasteiger partial charge is 0.410 e. The van der Waals surface area contributed by atoms with Gasteiger partial charge in [-0.1, -0.05) is 13.3 Å². The number of fused-ring (bicyclic) bond motifs is 1. The van der Waals surface area contributed by atoms with Crippen molar-refractivity contribution >= 4 is 41.1 Å². The summed E-state index contributed by atoms with van der Waals surface area (Å²) in [4.78, 5) is 66.4. The molecule has 46 heavy (non-hydrogen) atoms. The van der Waals surface area contributed by atoms with E-state index in [1.54, 1.807) is 52.5 Å². The minimum absolute atomic E-state index is 0.118. The van der Waals surface area contributed by atoms with Crippen molar-refractivity contribution in [3.8, 4) is 11.5 Å². The molecule has 0 saturated heterocycles. The standard InChI is InChI=1S/C33H44N2O10S/c1-8-9-16-41-30(39)28(43-23-12-10-22(11-13-23)42-20-27(37)44-32(2,3)4)24(36)18-34-29(38)26-17-21-19-35(15-14-25(21)46-26)31(40)45-33(5,6)7/h10-13,17,28H,8-9,14-16,18-20H2,1-7H3,(H,34,38). The second-order valence-corrected chi connectivity index (χ2v) is 13.9. The van der Waals surface area contributed by atoms with Crippen molar-refractivity contribution in [1.29, 1.82) is 0 Å². The van der Waals surface area contributed by atoms with Gasteiger partial charge in [0.25, 0.3) is 12.0 Å². The summed E-state index contributed by atoms with van der Waals surface area (Å²) >= 11 is 1.30. The molecule has 0 bridgehead atoms. The number of unbranched alkanes of at least 4 members (excludes halogenated alkanes) is 1. The summed E-state index contributed by atoms with van der Waals surface area (Å²) in [5.41, 5.74) is -0.411. The fourth-order valence-corrected chi connectivity index (χ4v) is 5.26. The molecule has 1 aliphatic heterocycles. The molecule has 0 saturated carbocycles. The van der Waals surface area contributed by atoms with Gasteiger partial charge < -0.3 is 33.9 Å². The number of thiophene rings is 1. The van der Waals surface area contributed by atoms with Crippen LogP contribution in [0.1, 0.15) is 81.4 Å². The maximum atomic E-state index is 13.2. The molecule has 1 atom stereocenters. The number of hydrogen-bond acceptors (Lipinski definition) is 11. The number of ether oxygens (including phenoxy) is 5. The molecule has 0 fully saturated rings. The van der Waals surface area contributed by atoms with Gasteiger partial charge in [0.1, 0.15) is 22.7 Å². The van der Waals surface area contributed by atoms with Crippen LogP contribution in [0.5, 0.6) is 11.5 Å². The number of esters is 2. The first-order valence-electron chi connectivity index (χ1n) is 15.2. The predicted octanol–water partition coefficient (Wildman–Crippen LogP) is 4.85. The zero-order valence-electron chi connectivity index (χ0n) is 27.6. The Balaban J connectivity index is 1.61. The Morgan fingerprint density at radius 3 is 2.24 bits per heavy atom. The second-order valence-electron chi connectivity index (χ2n) is 12.7. The number of hydrogen-bond donors (Lipinski definition) is 1. The van der Waals surface area contributed by atoms with E-state index >= 15 is 0 Å². The first-order chi connectivity index (χ1) is 21.5. The van der Waals surface area contributed by atoms with E-state index in [1.165, 1.54) is 35.6 Å². The molecule has 1 aliphatic rings. The van der Waals surface area contributed by atoms with Crippen molar-refractivity contribution in [2.24, 2.45) is 0 Å². The number of ketones is 1. The molecular formula is C33H44N2O10S. The van der Waals surface area contributed by atoms with Crippen molar-refractivity contribution < 1.29 is 47.7 Å². The van der Waals surface area contributed by atoms with E-state index in [2.05, 4.69) is 5.32 Å². The third-order valence-electron chi connectivity index (χ3n) is 6.27. The van der Waals surface area contributed by atoms with Gasteiger partial charge >= 0.3 is 18.0 Å². The Hall–Kier alpha value is -4.13. The molecule has 12 nitrogen and oxygen atoms in total. The number of nitrogens with one attached hydrogen (secondary N) is 1. The molecule has 2 aromatic rings. The summed E-state index contributed by atoms with van der Waals surface area (Å²) in [7, 11) is 0. The first-order valence-corrected chi connectivity index (χ1v) is 16.0. The second kappa shape index (κ2) is 15.9. The maximum absolute atomic E-state index is 13.2. The molecule has 13 heteroatoms. The summed E-state index contributed by atoms with van der Waals surface area (Å²) in [5, 5.41) is 2.58. The number of carbonyl (C=O) groups excluding carboxylic acids is 5. The van der Waals surface area contributed by atoms with E-state index in [-0.39, 0.29) is 19.0 Å². The van der Waals surface area contributed by atoms with E-state index in [1.807, 2.05) is 6.92 Å². The van der Waals surface area contributed by atoms with Gasteiger partial charge in [-0.15, -0.1) is 11.3 Å². The quantitative estimate of drug-likeness (QED) is 0.137. The van der Waals surface area contributed by atoms with Gasteiger partial charge in [-0.3, -0.25) is 9.59 Å². The van der Waals surface area contributed by atoms with Crippen LogP contribution >= 0.6 is 11.3 Å². The van der Waals surface area contributed by atoms with Crippen LogP contribution in [0, 0.1) is 0 Å². The molecule has 1 N–H and O–H groups in total. The number of nitrogens with zero attached hydrogens (tertiary/aromatic N) is 1. The molecule has 1 unspecified atom stereocenters. The van der Waals surface area contributed by atoms with Gasteiger partial charge in [0.05, 0.1) is 24.6 Å². The molecule has 252 valence electrons. The van der Waals surface area contributed by atoms with E-state index in [9.17, 15) is 24.0 Å². The predicted molar refractivity (Wildman–Crippen MR) is 170 cm³/mol. The Morgan fingerprint density at radius 2 is 1.61 bits per heavy atom. The average molecular weight is 661 g/mol. The van der Waals surface area contributed by atoms with Crippen LogP contribution < -0.4 is 14.8 Å². The lowest BCUT2D eigenvalue weighted by Gasteiger charge is -2.29. The molecule has 0 spiro atoms. The van der Waals surface area contributed by atoms with E-state index in [4.69, 9.17) is 23.7 Å². The SMILES string of the molecule is CCCCOC(=O)C(Oc1ccc(OCC(=O)OC(C)(C)C)cc1)C(=O)CNC(=O)c1cc2c(s1)CCN(C(=O)OC(C)(C)C)C2. The third-order valence-corrected chi connectivity index (χ3v) is 7.50. The third kappa shape index (κ3) is 11.7. The van der Waals surface area contributed by atoms with Crippen LogP contribution in [0.25, 0.3) is 0 Å². The number of benzene rings is 1. The fourth-order valence-electron chi connectivity index (χ4n) is 4.18. The zero-order chi connectivity index (χ0) is 34.1. The Kier molecular flexibility index (Phi) is 12.6. The summed E-state index contributed by atoms with van der Waals surface area (Å²) in [6.07, 6.45) is -0.0593. The lowest BCUT2D eigenvalue weighted by Crippen LogP contribution is -2.43. The van der Waals surface area contributed by atoms with Crippen LogP contribution in [0.4, 0.5) is 4.79 Å². The molecule has 1 aromatic heterocycles. The van der Waals surface area contributed by atoms with Crippen molar-refractivity contribution in [3.63, 3.8) is 0 Å². The van der Waals surface area contributed by atoms with Crippen LogP contribution in [0.2, 0.25) is 0 Å². The van der Waals surface area contributed by atoms with Crippen molar-refractivity contribution in [2.75, 3.05) is 26.3 Å². The van der Waals surface area contributed by atoms with Crippen molar-refractivity contribution in [1.82, 2.24) is 10.2 Å². The topological polar surface area (TPSA) is 147 Å². The fraction of sp³-hybridized carbons (Fsp3) is 0.545.